The standard InChI is InChI=1S/C45H45F3N12O5S/c46-28-11-14-59(24-28)66-55-38-6-4-35(47)42(34(38)21-49)65-31-2-5-37-33(20-31)44(64)60(26-52-37)30-22-50-45(51-23-30)58-17-15-57(16-18-58)41(62)25-56-12-9-27(10-13-56)32-3-1-29(19-36(32)48)53-39-7-8-40(61)54-43(39)63/h1-6,19-20,22-23,26-28,39,53,55H,7-18,24-25H2,(H,54,61,63). The highest BCUT2D eigenvalue weighted by atomic mass is 32.2. The van der Waals surface area contributed by atoms with Crippen molar-refractivity contribution in [1.82, 2.24) is 38.9 Å². The van der Waals surface area contributed by atoms with Gasteiger partial charge in [0.05, 0.1) is 41.2 Å². The first-order valence-electron chi connectivity index (χ1n) is 21.7. The third-order valence-corrected chi connectivity index (χ3v) is 13.2. The largest absolute Gasteiger partial charge is 0.453 e. The van der Waals surface area contributed by atoms with Crippen LogP contribution in [0.15, 0.2) is 72.0 Å². The number of carbonyl (C=O) groups excluding carboxylic acids is 3. The second-order valence-electron chi connectivity index (χ2n) is 16.6. The van der Waals surface area contributed by atoms with E-state index in [-0.39, 0.29) is 65.5 Å². The fraction of sp³-hybridized carbons (Fsp3) is 0.378. The van der Waals surface area contributed by atoms with Gasteiger partial charge in [0.15, 0.2) is 11.6 Å². The van der Waals surface area contributed by atoms with Crippen LogP contribution in [0, 0.1) is 23.0 Å². The zero-order chi connectivity index (χ0) is 45.9. The van der Waals surface area contributed by atoms with Gasteiger partial charge in [-0.05, 0) is 92.7 Å². The number of amides is 3. The molecule has 4 fully saturated rings. The summed E-state index contributed by atoms with van der Waals surface area (Å²) in [7, 11) is 0. The molecule has 2 unspecified atom stereocenters. The second kappa shape index (κ2) is 19.4. The third-order valence-electron chi connectivity index (χ3n) is 12.3. The van der Waals surface area contributed by atoms with Crippen molar-refractivity contribution in [2.45, 2.75) is 50.2 Å². The van der Waals surface area contributed by atoms with Gasteiger partial charge >= 0.3 is 0 Å². The Labute approximate surface area is 381 Å². The van der Waals surface area contributed by atoms with Crippen molar-refractivity contribution < 1.29 is 32.3 Å². The smallest absolute Gasteiger partial charge is 0.266 e. The summed E-state index contributed by atoms with van der Waals surface area (Å²) in [5, 5.41) is 15.4. The first-order valence-corrected chi connectivity index (χ1v) is 22.5. The van der Waals surface area contributed by atoms with E-state index in [4.69, 9.17) is 4.74 Å². The number of rotatable bonds is 12. The van der Waals surface area contributed by atoms with Crippen LogP contribution in [0.1, 0.15) is 49.1 Å². The topological polar surface area (TPSA) is 194 Å². The molecule has 3 amide bonds. The molecule has 3 aromatic carbocycles. The highest BCUT2D eigenvalue weighted by molar-refractivity contribution is 7.98. The van der Waals surface area contributed by atoms with E-state index in [1.807, 2.05) is 15.9 Å². The number of nitriles is 1. The molecule has 21 heteroatoms. The number of aromatic nitrogens is 4. The Morgan fingerprint density at radius 1 is 0.909 bits per heavy atom. The zero-order valence-corrected chi connectivity index (χ0v) is 36.4. The number of carbonyl (C=O) groups is 3. The molecular weight excluding hydrogens is 878 g/mol. The van der Waals surface area contributed by atoms with Gasteiger partial charge in [-0.1, -0.05) is 6.07 Å². The van der Waals surface area contributed by atoms with Gasteiger partial charge in [-0.15, -0.1) is 0 Å². The van der Waals surface area contributed by atoms with Crippen LogP contribution in [0.5, 0.6) is 11.5 Å². The van der Waals surface area contributed by atoms with Crippen LogP contribution in [-0.2, 0) is 14.4 Å². The summed E-state index contributed by atoms with van der Waals surface area (Å²) in [5.74, 6) is -1.62. The van der Waals surface area contributed by atoms with Crippen LogP contribution in [0.25, 0.3) is 16.6 Å². The van der Waals surface area contributed by atoms with Crippen molar-refractivity contribution in [2.24, 2.45) is 0 Å². The van der Waals surface area contributed by atoms with E-state index in [0.717, 1.165) is 18.2 Å². The summed E-state index contributed by atoms with van der Waals surface area (Å²) in [4.78, 5) is 70.1. The lowest BCUT2D eigenvalue weighted by atomic mass is 9.89. The number of nitrogens with zero attached hydrogens (tertiary/aromatic N) is 9. The molecule has 4 aliphatic rings. The molecule has 2 atom stereocenters. The minimum Gasteiger partial charge on any atom is -0.453 e. The first kappa shape index (κ1) is 44.4. The van der Waals surface area contributed by atoms with Gasteiger partial charge < -0.3 is 24.6 Å². The molecule has 4 aliphatic heterocycles. The van der Waals surface area contributed by atoms with Crippen molar-refractivity contribution >= 4 is 58.1 Å². The molecule has 66 heavy (non-hydrogen) atoms. The molecule has 4 saturated heterocycles. The average molecular weight is 923 g/mol. The van der Waals surface area contributed by atoms with Crippen LogP contribution in [0.2, 0.25) is 0 Å². The van der Waals surface area contributed by atoms with Gasteiger partial charge in [0, 0.05) is 63.5 Å². The van der Waals surface area contributed by atoms with Gasteiger partial charge in [-0.2, -0.15) is 5.26 Å². The molecule has 342 valence electrons. The number of ether oxygens (including phenoxy) is 1. The van der Waals surface area contributed by atoms with Gasteiger partial charge in [0.2, 0.25) is 23.7 Å². The molecule has 9 rings (SSSR count). The monoisotopic (exact) mass is 922 g/mol. The van der Waals surface area contributed by atoms with Crippen LogP contribution in [-0.4, -0.2) is 122 Å². The predicted molar refractivity (Wildman–Crippen MR) is 240 cm³/mol. The Kier molecular flexibility index (Phi) is 13.0. The number of piperidine rings is 2. The highest BCUT2D eigenvalue weighted by Gasteiger charge is 2.30. The third kappa shape index (κ3) is 9.75. The summed E-state index contributed by atoms with van der Waals surface area (Å²) < 4.78 is 55.9. The fourth-order valence-electron chi connectivity index (χ4n) is 8.64. The number of halogens is 3. The fourth-order valence-corrected chi connectivity index (χ4v) is 9.47. The molecule has 2 aromatic heterocycles. The molecular formula is C45H45F3N12O5S. The summed E-state index contributed by atoms with van der Waals surface area (Å²) in [5.41, 5.74) is 1.55. The minimum absolute atomic E-state index is 0.00322. The number of hydrogen-bond donors (Lipinski definition) is 3. The summed E-state index contributed by atoms with van der Waals surface area (Å²) in [6.07, 6.45) is 5.84. The molecule has 0 saturated carbocycles. The Balaban J connectivity index is 0.769. The Hall–Kier alpha value is -6.76. The first-order chi connectivity index (χ1) is 32.0. The SMILES string of the molecule is N#Cc1c(NSN2CCC(F)C2)ccc(F)c1Oc1ccc2ncn(-c3cnc(N4CCN(C(=O)CN5CCC(c6ccc(NC7CCC(=O)NC7=O)cc6F)CC5)CC4)nc3)c(=O)c2c1. The number of anilines is 3. The van der Waals surface area contributed by atoms with Crippen molar-refractivity contribution in [3.8, 4) is 23.3 Å². The number of fused-ring (bicyclic) bond motifs is 1. The highest BCUT2D eigenvalue weighted by Crippen LogP contribution is 2.36. The van der Waals surface area contributed by atoms with E-state index in [1.165, 1.54) is 47.6 Å². The molecule has 5 aromatic rings. The minimum atomic E-state index is -0.933. The van der Waals surface area contributed by atoms with E-state index in [1.54, 1.807) is 22.5 Å². The lowest BCUT2D eigenvalue weighted by Gasteiger charge is -2.37. The average Bonchev–Trinajstić information content (AvgIpc) is 3.75. The number of piperazine rings is 1. The number of nitrogens with one attached hydrogen (secondary N) is 3. The van der Waals surface area contributed by atoms with Crippen LogP contribution < -0.4 is 30.6 Å². The van der Waals surface area contributed by atoms with E-state index < -0.39 is 29.5 Å². The van der Waals surface area contributed by atoms with Crippen LogP contribution in [0.3, 0.4) is 0 Å². The van der Waals surface area contributed by atoms with E-state index in [2.05, 4.69) is 35.2 Å². The summed E-state index contributed by atoms with van der Waals surface area (Å²) in [6.45, 7) is 4.28. The number of benzene rings is 3. The Bertz CT molecular complexity index is 2760. The van der Waals surface area contributed by atoms with Gasteiger partial charge in [-0.25, -0.2) is 32.4 Å². The number of hydrogen-bond acceptors (Lipinski definition) is 15. The Morgan fingerprint density at radius 2 is 1.70 bits per heavy atom. The molecule has 3 N–H and O–H groups in total. The lowest BCUT2D eigenvalue weighted by molar-refractivity contribution is -0.134. The quantitative estimate of drug-likeness (QED) is 0.113. The van der Waals surface area contributed by atoms with Crippen molar-refractivity contribution in [3.63, 3.8) is 0 Å². The van der Waals surface area contributed by atoms with Crippen molar-refractivity contribution in [3.05, 3.63) is 100 Å². The zero-order valence-electron chi connectivity index (χ0n) is 35.6. The van der Waals surface area contributed by atoms with E-state index in [9.17, 15) is 28.8 Å². The number of imide groups is 1. The molecule has 0 aliphatic carbocycles. The summed E-state index contributed by atoms with van der Waals surface area (Å²) >= 11 is 1.13. The molecule has 6 heterocycles. The molecule has 0 spiro atoms. The molecule has 0 bridgehead atoms. The maximum absolute atomic E-state index is 15.2. The predicted octanol–water partition coefficient (Wildman–Crippen LogP) is 4.88. The van der Waals surface area contributed by atoms with Crippen LogP contribution >= 0.6 is 12.1 Å². The van der Waals surface area contributed by atoms with Gasteiger partial charge in [0.1, 0.15) is 41.7 Å². The van der Waals surface area contributed by atoms with Crippen LogP contribution in [0.4, 0.5) is 30.5 Å². The Morgan fingerprint density at radius 3 is 2.41 bits per heavy atom. The summed E-state index contributed by atoms with van der Waals surface area (Å²) in [6, 6.07) is 13.4. The van der Waals surface area contributed by atoms with E-state index >= 15 is 8.78 Å². The number of likely N-dealkylation sites (tertiary alicyclic amines) is 1. The number of alkyl halides is 1. The molecule has 17 nitrogen and oxygen atoms in total. The van der Waals surface area contributed by atoms with Crippen molar-refractivity contribution in [1.29, 1.82) is 5.26 Å². The van der Waals surface area contributed by atoms with E-state index in [0.29, 0.717) is 106 Å². The second-order valence-corrected chi connectivity index (χ2v) is 17.5. The maximum Gasteiger partial charge on any atom is 0.266 e. The molecule has 0 radical (unpaired) electrons. The van der Waals surface area contributed by atoms with Gasteiger partial charge in [0.25, 0.3) is 5.56 Å². The lowest BCUT2D eigenvalue weighted by Crippen LogP contribution is -2.52. The van der Waals surface area contributed by atoms with Gasteiger partial charge in [-0.3, -0.25) is 34.0 Å². The maximum atomic E-state index is 15.2. The van der Waals surface area contributed by atoms with Crippen molar-refractivity contribution in [2.75, 3.05) is 73.8 Å². The normalized spacial score (nSPS) is 19.7.